The van der Waals surface area contributed by atoms with Gasteiger partial charge in [0.15, 0.2) is 6.61 Å². The summed E-state index contributed by atoms with van der Waals surface area (Å²) in [5.41, 5.74) is 5.61. The van der Waals surface area contributed by atoms with Crippen LogP contribution >= 0.6 is 0 Å². The fraction of sp³-hybridized carbons (Fsp3) is 0.0417. The first-order valence-corrected chi connectivity index (χ1v) is 9.51. The maximum Gasteiger partial charge on any atom is 0.349 e. The number of benzene rings is 3. The lowest BCUT2D eigenvalue weighted by molar-refractivity contribution is -0.123. The smallest absolute Gasteiger partial charge is 0.349 e. The van der Waals surface area contributed by atoms with Crippen LogP contribution in [0.15, 0.2) is 94.1 Å². The lowest BCUT2D eigenvalue weighted by Crippen LogP contribution is -2.45. The average molecular weight is 414 g/mol. The maximum atomic E-state index is 12.3. The van der Waals surface area contributed by atoms with Gasteiger partial charge in [0.2, 0.25) is 0 Å². The summed E-state index contributed by atoms with van der Waals surface area (Å²) in [6, 6.07) is 25.2. The van der Waals surface area contributed by atoms with Gasteiger partial charge in [-0.1, -0.05) is 66.7 Å². The van der Waals surface area contributed by atoms with Gasteiger partial charge in [-0.05, 0) is 23.8 Å². The zero-order chi connectivity index (χ0) is 21.6. The molecule has 7 nitrogen and oxygen atoms in total. The van der Waals surface area contributed by atoms with Crippen molar-refractivity contribution in [3.05, 3.63) is 101 Å². The van der Waals surface area contributed by atoms with Crippen molar-refractivity contribution < 1.29 is 18.7 Å². The molecular weight excluding hydrogens is 396 g/mol. The SMILES string of the molecule is O=C(COc1ccccc1-c1ccccc1)NNC(=O)c1cc2ccccc2oc1=O. The Balaban J connectivity index is 1.38. The number of ether oxygens (including phenoxy) is 1. The highest BCUT2D eigenvalue weighted by Crippen LogP contribution is 2.29. The van der Waals surface area contributed by atoms with Crippen molar-refractivity contribution in [3.63, 3.8) is 0 Å². The number of amides is 2. The van der Waals surface area contributed by atoms with Crippen molar-refractivity contribution >= 4 is 22.8 Å². The number of carbonyl (C=O) groups excluding carboxylic acids is 2. The average Bonchev–Trinajstić information content (AvgIpc) is 2.81. The first kappa shape index (κ1) is 19.9. The van der Waals surface area contributed by atoms with E-state index in [0.717, 1.165) is 11.1 Å². The molecule has 4 rings (SSSR count). The molecule has 0 aliphatic carbocycles. The largest absolute Gasteiger partial charge is 0.483 e. The van der Waals surface area contributed by atoms with Crippen molar-refractivity contribution in [2.45, 2.75) is 0 Å². The molecule has 3 aromatic carbocycles. The van der Waals surface area contributed by atoms with Crippen molar-refractivity contribution in [1.82, 2.24) is 10.9 Å². The zero-order valence-electron chi connectivity index (χ0n) is 16.3. The highest BCUT2D eigenvalue weighted by molar-refractivity contribution is 5.97. The Bertz CT molecular complexity index is 1300. The van der Waals surface area contributed by atoms with Crippen molar-refractivity contribution in [2.24, 2.45) is 0 Å². The lowest BCUT2D eigenvalue weighted by atomic mass is 10.1. The molecule has 0 bridgehead atoms. The molecule has 2 amide bonds. The molecule has 0 spiro atoms. The summed E-state index contributed by atoms with van der Waals surface area (Å²) >= 11 is 0. The predicted octanol–water partition coefficient (Wildman–Crippen LogP) is 3.30. The lowest BCUT2D eigenvalue weighted by Gasteiger charge is -2.12. The minimum atomic E-state index is -0.793. The molecular formula is C24H18N2O5. The Morgan fingerprint density at radius 3 is 2.39 bits per heavy atom. The van der Waals surface area contributed by atoms with E-state index in [2.05, 4.69) is 10.9 Å². The number of carbonyl (C=O) groups is 2. The van der Waals surface area contributed by atoms with E-state index in [1.165, 1.54) is 6.07 Å². The molecule has 0 aliphatic heterocycles. The second-order valence-electron chi connectivity index (χ2n) is 6.64. The van der Waals surface area contributed by atoms with E-state index in [0.29, 0.717) is 16.7 Å². The van der Waals surface area contributed by atoms with E-state index < -0.39 is 17.4 Å². The Labute approximate surface area is 177 Å². The molecule has 0 unspecified atom stereocenters. The van der Waals surface area contributed by atoms with Gasteiger partial charge < -0.3 is 9.15 Å². The summed E-state index contributed by atoms with van der Waals surface area (Å²) in [6.07, 6.45) is 0. The van der Waals surface area contributed by atoms with Gasteiger partial charge >= 0.3 is 5.63 Å². The molecule has 0 saturated carbocycles. The highest BCUT2D eigenvalue weighted by atomic mass is 16.5. The highest BCUT2D eigenvalue weighted by Gasteiger charge is 2.15. The summed E-state index contributed by atoms with van der Waals surface area (Å²) in [4.78, 5) is 36.5. The summed E-state index contributed by atoms with van der Waals surface area (Å²) in [6.45, 7) is -0.323. The van der Waals surface area contributed by atoms with E-state index >= 15 is 0 Å². The van der Waals surface area contributed by atoms with Crippen LogP contribution in [-0.2, 0) is 4.79 Å². The summed E-state index contributed by atoms with van der Waals surface area (Å²) in [5.74, 6) is -0.829. The van der Waals surface area contributed by atoms with E-state index in [9.17, 15) is 14.4 Å². The molecule has 0 radical (unpaired) electrons. The third-order valence-corrected chi connectivity index (χ3v) is 4.53. The molecule has 154 valence electrons. The van der Waals surface area contributed by atoms with Crippen LogP contribution in [0.2, 0.25) is 0 Å². The number of para-hydroxylation sites is 2. The Kier molecular flexibility index (Phi) is 5.75. The van der Waals surface area contributed by atoms with E-state index in [1.54, 1.807) is 36.4 Å². The molecule has 0 aliphatic rings. The zero-order valence-corrected chi connectivity index (χ0v) is 16.3. The number of nitrogens with one attached hydrogen (secondary N) is 2. The third-order valence-electron chi connectivity index (χ3n) is 4.53. The van der Waals surface area contributed by atoms with Crippen LogP contribution in [0.3, 0.4) is 0 Å². The van der Waals surface area contributed by atoms with E-state index in [-0.39, 0.29) is 12.2 Å². The van der Waals surface area contributed by atoms with E-state index in [1.807, 2.05) is 42.5 Å². The van der Waals surface area contributed by atoms with Crippen LogP contribution in [0.25, 0.3) is 22.1 Å². The summed E-state index contributed by atoms with van der Waals surface area (Å²) in [5, 5.41) is 0.597. The van der Waals surface area contributed by atoms with Gasteiger partial charge in [0.1, 0.15) is 16.9 Å². The van der Waals surface area contributed by atoms with E-state index in [4.69, 9.17) is 9.15 Å². The molecule has 0 saturated heterocycles. The molecule has 4 aromatic rings. The van der Waals surface area contributed by atoms with Crippen molar-refractivity contribution in [2.75, 3.05) is 6.61 Å². The summed E-state index contributed by atoms with van der Waals surface area (Å²) < 4.78 is 10.8. The topological polar surface area (TPSA) is 97.6 Å². The number of hydrazine groups is 1. The normalized spacial score (nSPS) is 10.5. The molecule has 0 atom stereocenters. The predicted molar refractivity (Wildman–Crippen MR) is 115 cm³/mol. The molecule has 1 heterocycles. The van der Waals surface area contributed by atoms with Crippen LogP contribution in [-0.4, -0.2) is 18.4 Å². The van der Waals surface area contributed by atoms with Gasteiger partial charge in [-0.25, -0.2) is 4.79 Å². The fourth-order valence-electron chi connectivity index (χ4n) is 3.04. The van der Waals surface area contributed by atoms with Gasteiger partial charge in [-0.15, -0.1) is 0 Å². The van der Waals surface area contributed by atoms with Crippen LogP contribution in [0.4, 0.5) is 0 Å². The van der Waals surface area contributed by atoms with Crippen LogP contribution in [0.1, 0.15) is 10.4 Å². The number of rotatable bonds is 5. The standard InChI is InChI=1S/C24H18N2O5/c27-22(15-30-21-13-7-5-11-18(21)16-8-2-1-3-9-16)25-26-23(28)19-14-17-10-4-6-12-20(17)31-24(19)29/h1-14H,15H2,(H,25,27)(H,26,28). The Morgan fingerprint density at radius 2 is 1.55 bits per heavy atom. The van der Waals surface area contributed by atoms with Crippen LogP contribution < -0.4 is 21.2 Å². The van der Waals surface area contributed by atoms with Gasteiger partial charge in [0, 0.05) is 10.9 Å². The number of hydrogen-bond acceptors (Lipinski definition) is 5. The molecule has 2 N–H and O–H groups in total. The number of fused-ring (bicyclic) bond motifs is 1. The first-order valence-electron chi connectivity index (χ1n) is 9.51. The van der Waals surface area contributed by atoms with Gasteiger partial charge in [-0.2, -0.15) is 0 Å². The van der Waals surface area contributed by atoms with Crippen LogP contribution in [0.5, 0.6) is 5.75 Å². The monoisotopic (exact) mass is 414 g/mol. The minimum absolute atomic E-state index is 0.214. The molecule has 1 aromatic heterocycles. The van der Waals surface area contributed by atoms with Gasteiger partial charge in [-0.3, -0.25) is 20.4 Å². The second kappa shape index (κ2) is 8.96. The minimum Gasteiger partial charge on any atom is -0.483 e. The van der Waals surface area contributed by atoms with Gasteiger partial charge in [0.25, 0.3) is 11.8 Å². The molecule has 31 heavy (non-hydrogen) atoms. The first-order chi connectivity index (χ1) is 15.1. The summed E-state index contributed by atoms with van der Waals surface area (Å²) in [7, 11) is 0. The van der Waals surface area contributed by atoms with Gasteiger partial charge in [0.05, 0.1) is 0 Å². The molecule has 7 heteroatoms. The fourth-order valence-corrected chi connectivity index (χ4v) is 3.04. The van der Waals surface area contributed by atoms with Crippen molar-refractivity contribution in [3.8, 4) is 16.9 Å². The van der Waals surface area contributed by atoms with Crippen molar-refractivity contribution in [1.29, 1.82) is 0 Å². The Hall–Kier alpha value is -4.39. The molecule has 0 fully saturated rings. The number of hydrogen-bond donors (Lipinski definition) is 2. The second-order valence-corrected chi connectivity index (χ2v) is 6.64. The maximum absolute atomic E-state index is 12.3. The Morgan fingerprint density at radius 1 is 0.839 bits per heavy atom. The third kappa shape index (κ3) is 4.62. The quantitative estimate of drug-likeness (QED) is 0.386. The van der Waals surface area contributed by atoms with Crippen LogP contribution in [0, 0.1) is 0 Å².